The molecule has 2 rings (SSSR count). The first-order chi connectivity index (χ1) is 8.69. The summed E-state index contributed by atoms with van der Waals surface area (Å²) in [5.41, 5.74) is 0.320. The third-order valence-corrected chi connectivity index (χ3v) is 4.73. The summed E-state index contributed by atoms with van der Waals surface area (Å²) in [6, 6.07) is 0.732. The van der Waals surface area contributed by atoms with Crippen LogP contribution in [0.2, 0.25) is 0 Å². The van der Waals surface area contributed by atoms with Gasteiger partial charge < -0.3 is 10.1 Å². The SMILES string of the molecule is CCCOCCN1CC(C2CC2)NCC1(C)CC. The second kappa shape index (κ2) is 6.36. The number of nitrogens with one attached hydrogen (secondary N) is 1. The van der Waals surface area contributed by atoms with Crippen LogP contribution in [0.25, 0.3) is 0 Å². The molecule has 0 radical (unpaired) electrons. The first-order valence-electron chi connectivity index (χ1n) is 7.76. The van der Waals surface area contributed by atoms with E-state index >= 15 is 0 Å². The monoisotopic (exact) mass is 254 g/mol. The predicted molar refractivity (Wildman–Crippen MR) is 75.9 cm³/mol. The van der Waals surface area contributed by atoms with Gasteiger partial charge in [0.05, 0.1) is 6.61 Å². The second-order valence-electron chi connectivity index (χ2n) is 6.23. The first kappa shape index (κ1) is 14.3. The fourth-order valence-electron chi connectivity index (χ4n) is 2.93. The Hall–Kier alpha value is -0.120. The van der Waals surface area contributed by atoms with E-state index in [2.05, 4.69) is 31.0 Å². The second-order valence-corrected chi connectivity index (χ2v) is 6.23. The third-order valence-electron chi connectivity index (χ3n) is 4.73. The maximum atomic E-state index is 5.67. The van der Waals surface area contributed by atoms with Crippen LogP contribution in [0.15, 0.2) is 0 Å². The molecule has 0 aromatic heterocycles. The topological polar surface area (TPSA) is 24.5 Å². The van der Waals surface area contributed by atoms with Crippen LogP contribution < -0.4 is 5.32 Å². The molecule has 0 spiro atoms. The lowest BCUT2D eigenvalue weighted by Gasteiger charge is -2.48. The highest BCUT2D eigenvalue weighted by molar-refractivity contribution is 4.99. The minimum absolute atomic E-state index is 0.320. The quantitative estimate of drug-likeness (QED) is 0.705. The van der Waals surface area contributed by atoms with Gasteiger partial charge in [0.25, 0.3) is 0 Å². The number of piperazine rings is 1. The Labute approximate surface area is 112 Å². The lowest BCUT2D eigenvalue weighted by atomic mass is 9.91. The Bertz CT molecular complexity index is 255. The summed E-state index contributed by atoms with van der Waals surface area (Å²) in [7, 11) is 0. The van der Waals surface area contributed by atoms with Crippen LogP contribution in [0.5, 0.6) is 0 Å². The molecule has 1 saturated carbocycles. The zero-order chi connectivity index (χ0) is 13.0. The van der Waals surface area contributed by atoms with Crippen molar-refractivity contribution in [2.45, 2.75) is 58.0 Å². The summed E-state index contributed by atoms with van der Waals surface area (Å²) in [5.74, 6) is 0.950. The number of hydrogen-bond donors (Lipinski definition) is 1. The summed E-state index contributed by atoms with van der Waals surface area (Å²) < 4.78 is 5.67. The van der Waals surface area contributed by atoms with Gasteiger partial charge in [0.2, 0.25) is 0 Å². The third kappa shape index (κ3) is 3.46. The summed E-state index contributed by atoms with van der Waals surface area (Å²) in [5, 5.41) is 3.77. The van der Waals surface area contributed by atoms with Gasteiger partial charge in [0.1, 0.15) is 0 Å². The maximum Gasteiger partial charge on any atom is 0.0593 e. The Kier molecular flexibility index (Phi) is 5.05. The molecule has 0 aromatic carbocycles. The van der Waals surface area contributed by atoms with Gasteiger partial charge in [-0.3, -0.25) is 4.90 Å². The van der Waals surface area contributed by atoms with Crippen molar-refractivity contribution in [3.05, 3.63) is 0 Å². The van der Waals surface area contributed by atoms with Crippen LogP contribution in [0.1, 0.15) is 46.5 Å². The molecule has 2 fully saturated rings. The zero-order valence-electron chi connectivity index (χ0n) is 12.4. The lowest BCUT2D eigenvalue weighted by Crippen LogP contribution is -2.64. The van der Waals surface area contributed by atoms with E-state index in [1.807, 2.05) is 0 Å². The van der Waals surface area contributed by atoms with Gasteiger partial charge in [0, 0.05) is 37.8 Å². The molecule has 2 atom stereocenters. The molecule has 1 aliphatic carbocycles. The summed E-state index contributed by atoms with van der Waals surface area (Å²) >= 11 is 0. The Balaban J connectivity index is 1.83. The van der Waals surface area contributed by atoms with Gasteiger partial charge in [-0.2, -0.15) is 0 Å². The van der Waals surface area contributed by atoms with Gasteiger partial charge in [-0.05, 0) is 38.5 Å². The van der Waals surface area contributed by atoms with Crippen molar-refractivity contribution in [2.24, 2.45) is 5.92 Å². The fraction of sp³-hybridized carbons (Fsp3) is 1.00. The van der Waals surface area contributed by atoms with E-state index in [0.717, 1.165) is 44.7 Å². The Morgan fingerprint density at radius 2 is 2.06 bits per heavy atom. The van der Waals surface area contributed by atoms with E-state index in [1.165, 1.54) is 25.8 Å². The molecule has 0 bridgehead atoms. The van der Waals surface area contributed by atoms with Crippen LogP contribution in [0, 0.1) is 5.92 Å². The van der Waals surface area contributed by atoms with E-state index in [9.17, 15) is 0 Å². The molecule has 2 aliphatic rings. The number of hydrogen-bond acceptors (Lipinski definition) is 3. The summed E-state index contributed by atoms with van der Waals surface area (Å²) in [6.07, 6.45) is 5.20. The van der Waals surface area contributed by atoms with E-state index in [1.54, 1.807) is 0 Å². The van der Waals surface area contributed by atoms with E-state index < -0.39 is 0 Å². The molecule has 1 N–H and O–H groups in total. The minimum Gasteiger partial charge on any atom is -0.380 e. The number of nitrogens with zero attached hydrogens (tertiary/aromatic N) is 1. The minimum atomic E-state index is 0.320. The molecule has 18 heavy (non-hydrogen) atoms. The molecule has 1 aliphatic heterocycles. The zero-order valence-corrected chi connectivity index (χ0v) is 12.4. The van der Waals surface area contributed by atoms with Crippen molar-refractivity contribution in [1.29, 1.82) is 0 Å². The van der Waals surface area contributed by atoms with Gasteiger partial charge in [-0.25, -0.2) is 0 Å². The molecule has 1 saturated heterocycles. The lowest BCUT2D eigenvalue weighted by molar-refractivity contribution is 0.0140. The Morgan fingerprint density at radius 1 is 1.28 bits per heavy atom. The smallest absolute Gasteiger partial charge is 0.0593 e. The molecule has 3 heteroatoms. The summed E-state index contributed by atoms with van der Waals surface area (Å²) in [6.45, 7) is 12.1. The van der Waals surface area contributed by atoms with Crippen molar-refractivity contribution >= 4 is 0 Å². The van der Waals surface area contributed by atoms with Crippen LogP contribution in [-0.4, -0.2) is 49.3 Å². The molecule has 0 amide bonds. The molecular weight excluding hydrogens is 224 g/mol. The van der Waals surface area contributed by atoms with Crippen molar-refractivity contribution in [3.8, 4) is 0 Å². The predicted octanol–water partition coefficient (Wildman–Crippen LogP) is 2.27. The molecule has 2 unspecified atom stereocenters. The molecule has 0 aromatic rings. The normalized spacial score (nSPS) is 33.8. The van der Waals surface area contributed by atoms with Gasteiger partial charge in [-0.1, -0.05) is 13.8 Å². The fourth-order valence-corrected chi connectivity index (χ4v) is 2.93. The number of rotatable bonds is 7. The van der Waals surface area contributed by atoms with Crippen molar-refractivity contribution in [2.75, 3.05) is 32.8 Å². The molecular formula is C15H30N2O. The van der Waals surface area contributed by atoms with Crippen LogP contribution in [0.4, 0.5) is 0 Å². The average molecular weight is 254 g/mol. The van der Waals surface area contributed by atoms with Crippen molar-refractivity contribution < 1.29 is 4.74 Å². The van der Waals surface area contributed by atoms with E-state index in [-0.39, 0.29) is 0 Å². The highest BCUT2D eigenvalue weighted by Crippen LogP contribution is 2.36. The average Bonchev–Trinajstić information content (AvgIpc) is 3.21. The van der Waals surface area contributed by atoms with Crippen LogP contribution in [-0.2, 0) is 4.74 Å². The molecule has 106 valence electrons. The summed E-state index contributed by atoms with van der Waals surface area (Å²) in [4.78, 5) is 2.67. The maximum absolute atomic E-state index is 5.67. The van der Waals surface area contributed by atoms with Crippen molar-refractivity contribution in [1.82, 2.24) is 10.2 Å². The largest absolute Gasteiger partial charge is 0.380 e. The van der Waals surface area contributed by atoms with Gasteiger partial charge in [0.15, 0.2) is 0 Å². The van der Waals surface area contributed by atoms with Gasteiger partial charge in [-0.15, -0.1) is 0 Å². The molecule has 1 heterocycles. The molecule has 3 nitrogen and oxygen atoms in total. The highest BCUT2D eigenvalue weighted by Gasteiger charge is 2.41. The van der Waals surface area contributed by atoms with Crippen LogP contribution in [0.3, 0.4) is 0 Å². The highest BCUT2D eigenvalue weighted by atomic mass is 16.5. The van der Waals surface area contributed by atoms with E-state index in [0.29, 0.717) is 5.54 Å². The van der Waals surface area contributed by atoms with Crippen molar-refractivity contribution in [3.63, 3.8) is 0 Å². The van der Waals surface area contributed by atoms with Crippen LogP contribution >= 0.6 is 0 Å². The van der Waals surface area contributed by atoms with Gasteiger partial charge >= 0.3 is 0 Å². The first-order valence-corrected chi connectivity index (χ1v) is 7.76. The Morgan fingerprint density at radius 3 is 2.67 bits per heavy atom. The van der Waals surface area contributed by atoms with E-state index in [4.69, 9.17) is 4.74 Å². The number of ether oxygens (including phenoxy) is 1. The standard InChI is InChI=1S/C15H30N2O/c1-4-9-18-10-8-17-11-14(13-6-7-13)16-12-15(17,3)5-2/h13-14,16H,4-12H2,1-3H3.